The smallest absolute Gasteiger partial charge is 0.328 e. The summed E-state index contributed by atoms with van der Waals surface area (Å²) in [6, 6.07) is 16.5. The first-order valence-corrected chi connectivity index (χ1v) is 21.1. The van der Waals surface area contributed by atoms with Crippen LogP contribution in [-0.4, -0.2) is 117 Å². The third-order valence-corrected chi connectivity index (χ3v) is 12.9. The van der Waals surface area contributed by atoms with E-state index in [9.17, 15) is 19.5 Å². The Hall–Kier alpha value is -6.13. The van der Waals surface area contributed by atoms with Gasteiger partial charge < -0.3 is 34.8 Å². The molecule has 0 saturated carbocycles. The van der Waals surface area contributed by atoms with Crippen molar-refractivity contribution in [1.29, 1.82) is 0 Å². The predicted octanol–water partition coefficient (Wildman–Crippen LogP) is 5.70. The number of phenols is 1. The number of piperidine rings is 2. The lowest BCUT2D eigenvalue weighted by molar-refractivity contribution is -0.120. The Kier molecular flexibility index (Phi) is 10.8. The topological polar surface area (TPSA) is 175 Å². The number of para-hydroxylation sites is 1. The Morgan fingerprint density at radius 1 is 0.984 bits per heavy atom. The van der Waals surface area contributed by atoms with E-state index in [4.69, 9.17) is 15.5 Å². The molecule has 0 aliphatic carbocycles. The lowest BCUT2D eigenvalue weighted by Gasteiger charge is -2.41. The van der Waals surface area contributed by atoms with Crippen LogP contribution in [0.3, 0.4) is 0 Å². The molecule has 318 valence electrons. The third-order valence-electron chi connectivity index (χ3n) is 12.9. The lowest BCUT2D eigenvalue weighted by Crippen LogP contribution is -2.51. The largest absolute Gasteiger partial charge is 0.507 e. The van der Waals surface area contributed by atoms with Gasteiger partial charge >= 0.3 is 6.03 Å². The van der Waals surface area contributed by atoms with E-state index < -0.39 is 11.7 Å². The highest BCUT2D eigenvalue weighted by Gasteiger charge is 2.39. The number of anilines is 3. The number of pyridine rings is 1. The number of fused-ring (bicyclic) bond motifs is 1. The number of nitrogens with two attached hydrogens (primary N) is 1. The van der Waals surface area contributed by atoms with Gasteiger partial charge in [0.25, 0.3) is 5.91 Å². The molecule has 0 unspecified atom stereocenters. The summed E-state index contributed by atoms with van der Waals surface area (Å²) < 4.78 is 24.9. The molecule has 4 aliphatic heterocycles. The van der Waals surface area contributed by atoms with Gasteiger partial charge in [-0.1, -0.05) is 18.2 Å². The summed E-state index contributed by atoms with van der Waals surface area (Å²) in [5, 5.41) is 22.1. The molecule has 7 heterocycles. The zero-order valence-electron chi connectivity index (χ0n) is 34.5. The fraction of sp³-hybridized carbons (Fsp3) is 0.422. The molecule has 9 rings (SSSR count). The monoisotopic (exact) mass is 830 g/mol. The second kappa shape index (κ2) is 16.4. The number of nitrogen functional groups attached to an aromatic ring is 1. The van der Waals surface area contributed by atoms with Crippen molar-refractivity contribution in [3.05, 3.63) is 89.2 Å². The van der Waals surface area contributed by atoms with Crippen molar-refractivity contribution in [3.63, 3.8) is 0 Å². The fourth-order valence-electron chi connectivity index (χ4n) is 9.42. The second-order valence-corrected chi connectivity index (χ2v) is 16.9. The Morgan fingerprint density at radius 2 is 1.77 bits per heavy atom. The van der Waals surface area contributed by atoms with E-state index in [0.717, 1.165) is 53.7 Å². The quantitative estimate of drug-likeness (QED) is 0.175. The molecule has 0 bridgehead atoms. The van der Waals surface area contributed by atoms with Gasteiger partial charge in [-0.25, -0.2) is 14.2 Å². The minimum atomic E-state index is -1.37. The molecule has 3 aromatic heterocycles. The Labute approximate surface area is 353 Å². The number of hydrogen-bond acceptors (Lipinski definition) is 11. The van der Waals surface area contributed by atoms with Gasteiger partial charge in [-0.2, -0.15) is 0 Å². The van der Waals surface area contributed by atoms with Crippen LogP contribution in [0.25, 0.3) is 22.3 Å². The van der Waals surface area contributed by atoms with E-state index >= 15 is 4.39 Å². The molecule has 16 heteroatoms. The van der Waals surface area contributed by atoms with E-state index in [1.165, 1.54) is 4.90 Å². The number of rotatable bonds is 8. The van der Waals surface area contributed by atoms with Crippen LogP contribution in [0.2, 0.25) is 0 Å². The maximum atomic E-state index is 16.4. The van der Waals surface area contributed by atoms with Crippen LogP contribution < -0.4 is 20.9 Å². The van der Waals surface area contributed by atoms with Gasteiger partial charge in [-0.3, -0.25) is 19.8 Å². The van der Waals surface area contributed by atoms with E-state index in [1.807, 2.05) is 56.4 Å². The summed E-state index contributed by atoms with van der Waals surface area (Å²) in [5.74, 6) is 0.0515. The van der Waals surface area contributed by atoms with Crippen LogP contribution in [0, 0.1) is 13.8 Å². The van der Waals surface area contributed by atoms with Gasteiger partial charge in [0, 0.05) is 100 Å². The summed E-state index contributed by atoms with van der Waals surface area (Å²) in [5.41, 5.74) is 11.6. The summed E-state index contributed by atoms with van der Waals surface area (Å²) in [6.07, 6.45) is 5.99. The zero-order chi connectivity index (χ0) is 42.4. The number of halogens is 1. The van der Waals surface area contributed by atoms with Crippen molar-refractivity contribution >= 4 is 46.1 Å². The minimum Gasteiger partial charge on any atom is -0.507 e. The number of aryl methyl sites for hydroxylation is 2. The minimum absolute atomic E-state index is 0.0810. The zero-order valence-corrected chi connectivity index (χ0v) is 34.5. The number of alkyl halides is 1. The Balaban J connectivity index is 0.789. The Morgan fingerprint density at radius 3 is 2.54 bits per heavy atom. The number of likely N-dealkylation sites (tertiary alicyclic amines) is 2. The van der Waals surface area contributed by atoms with Crippen LogP contribution in [0.15, 0.2) is 67.0 Å². The van der Waals surface area contributed by atoms with Crippen molar-refractivity contribution in [2.45, 2.75) is 63.8 Å². The number of imide groups is 1. The molecule has 0 spiro atoms. The molecule has 5 aromatic rings. The van der Waals surface area contributed by atoms with Crippen LogP contribution in [0.1, 0.15) is 71.3 Å². The lowest BCUT2D eigenvalue weighted by atomic mass is 9.90. The number of phenolic OH excluding ortho intramolecular Hbond substituents is 1. The number of aromatic nitrogens is 4. The number of amides is 4. The number of nitrogens with zero attached hydrogens (tertiary/aromatic N) is 8. The van der Waals surface area contributed by atoms with Gasteiger partial charge in [-0.15, -0.1) is 10.2 Å². The van der Waals surface area contributed by atoms with Crippen LogP contribution in [0.5, 0.6) is 5.75 Å². The Bertz CT molecular complexity index is 2500. The van der Waals surface area contributed by atoms with Crippen LogP contribution in [-0.2, 0) is 9.53 Å². The van der Waals surface area contributed by atoms with Gasteiger partial charge in [0.1, 0.15) is 23.2 Å². The molecule has 4 fully saturated rings. The van der Waals surface area contributed by atoms with Gasteiger partial charge in [-0.05, 0) is 79.8 Å². The maximum absolute atomic E-state index is 16.4. The van der Waals surface area contributed by atoms with Gasteiger partial charge in [0.05, 0.1) is 29.9 Å². The highest BCUT2D eigenvalue weighted by atomic mass is 19.1. The summed E-state index contributed by atoms with van der Waals surface area (Å²) >= 11 is 0. The average Bonchev–Trinajstić information content (AvgIpc) is 3.68. The molecule has 1 atom stereocenters. The fourth-order valence-corrected chi connectivity index (χ4v) is 9.42. The molecule has 4 saturated heterocycles. The molecule has 4 N–H and O–H groups in total. The second-order valence-electron chi connectivity index (χ2n) is 16.9. The van der Waals surface area contributed by atoms with E-state index in [1.54, 1.807) is 29.3 Å². The molecular weight excluding hydrogens is 780 g/mol. The number of hydrogen-bond donors (Lipinski definition) is 3. The van der Waals surface area contributed by atoms with E-state index in [-0.39, 0.29) is 49.0 Å². The van der Waals surface area contributed by atoms with Gasteiger partial charge in [0.15, 0.2) is 5.82 Å². The number of morpholine rings is 1. The highest BCUT2D eigenvalue weighted by molar-refractivity contribution is 6.06. The maximum Gasteiger partial charge on any atom is 0.328 e. The van der Waals surface area contributed by atoms with E-state index in [0.29, 0.717) is 79.9 Å². The normalized spacial score (nSPS) is 20.3. The molecule has 15 nitrogen and oxygen atoms in total. The number of carbonyl (C=O) groups is 3. The molecule has 0 radical (unpaired) electrons. The predicted molar refractivity (Wildman–Crippen MR) is 229 cm³/mol. The van der Waals surface area contributed by atoms with Crippen molar-refractivity contribution in [2.75, 3.05) is 74.5 Å². The van der Waals surface area contributed by atoms with Crippen molar-refractivity contribution in [3.8, 4) is 17.0 Å². The van der Waals surface area contributed by atoms with Gasteiger partial charge in [0.2, 0.25) is 5.91 Å². The van der Waals surface area contributed by atoms with Crippen molar-refractivity contribution < 1.29 is 28.6 Å². The van der Waals surface area contributed by atoms with Crippen molar-refractivity contribution in [2.24, 2.45) is 0 Å². The molecule has 61 heavy (non-hydrogen) atoms. The number of ether oxygens (including phenoxy) is 1. The summed E-state index contributed by atoms with van der Waals surface area (Å²) in [6.45, 7) is 8.42. The average molecular weight is 831 g/mol. The number of benzene rings is 2. The number of carbonyl (C=O) groups excluding carboxylic acids is 3. The summed E-state index contributed by atoms with van der Waals surface area (Å²) in [7, 11) is 0. The standard InChI is InChI=1S/C45H51FN10O5/c1-28-22-35(29(2)21-34(28)39-26-54(19-20-61-39)37-24-36(50-51-41(37)47)33-5-3-4-6-38(33)57)43(59)53-17-11-45(46,12-18-53)27-52-13-8-31(9-14-52)55-15-7-30-23-32(25-48-42(30)55)56-16-10-40(58)49-44(56)60/h3-7,15,21-25,31,39,57H,8-14,16-20,26-27H2,1-2H3,(H2,47,51)(H,49,58,60)/t39-/m1/s1. The first-order valence-electron chi connectivity index (χ1n) is 21.1. The van der Waals surface area contributed by atoms with E-state index in [2.05, 4.69) is 29.9 Å². The number of nitrogens with one attached hydrogen (secondary N) is 1. The first-order chi connectivity index (χ1) is 29.4. The first kappa shape index (κ1) is 40.3. The highest BCUT2D eigenvalue weighted by Crippen LogP contribution is 2.37. The molecule has 4 amide bonds. The number of aromatic hydroxyl groups is 1. The SMILES string of the molecule is Cc1cc([C@H]2CN(c3cc(-c4ccccc4O)nnc3N)CCO2)c(C)cc1C(=O)N1CCC(F)(CN2CCC(n3ccc4cc(N5CCC(=O)NC5=O)cnc43)CC2)CC1. The van der Waals surface area contributed by atoms with Crippen LogP contribution >= 0.6 is 0 Å². The third kappa shape index (κ3) is 8.09. The molecular formula is C45H51FN10O5. The summed E-state index contributed by atoms with van der Waals surface area (Å²) in [4.78, 5) is 50.3. The van der Waals surface area contributed by atoms with Crippen molar-refractivity contribution in [1.82, 2.24) is 34.9 Å². The molecule has 2 aromatic carbocycles. The molecule has 4 aliphatic rings. The van der Waals surface area contributed by atoms with Crippen LogP contribution in [0.4, 0.5) is 26.4 Å². The number of urea groups is 1.